The molecular weight excluding hydrogens is 649 g/mol. The van der Waals surface area contributed by atoms with Gasteiger partial charge < -0.3 is 0 Å². The second kappa shape index (κ2) is 11.3. The van der Waals surface area contributed by atoms with E-state index in [4.69, 9.17) is 0 Å². The molecule has 0 bridgehead atoms. The van der Waals surface area contributed by atoms with Gasteiger partial charge in [0.15, 0.2) is 0 Å². The van der Waals surface area contributed by atoms with E-state index in [0.29, 0.717) is 59.2 Å². The SMILES string of the molecule is CC1C2=C3C4=C5C6=C3C(c3ccccc3)(C1C)[C@@H](C)C(C)C6(c1ccccc1)[C@@H](C)C(C)C5(c1ccccc1)[C@@H](C)[C@@H](C)C4(c1ccccc1)C(C)[C@H]2C. The molecule has 0 heterocycles. The highest BCUT2D eigenvalue weighted by molar-refractivity contribution is 5.85. The van der Waals surface area contributed by atoms with Crippen LogP contribution in [-0.2, 0) is 21.7 Å². The lowest BCUT2D eigenvalue weighted by molar-refractivity contribution is -0.00644. The first-order chi connectivity index (χ1) is 26.0. The average Bonchev–Trinajstić information content (AvgIpc) is 3.56. The topological polar surface area (TPSA) is 0 Å². The van der Waals surface area contributed by atoms with E-state index in [9.17, 15) is 0 Å². The lowest BCUT2D eigenvalue weighted by Crippen LogP contribution is -2.66. The summed E-state index contributed by atoms with van der Waals surface area (Å²) in [4.78, 5) is 0. The largest absolute Gasteiger partial charge is 0.0622 e. The maximum absolute atomic E-state index is 2.68. The number of benzene rings is 4. The lowest BCUT2D eigenvalue weighted by Gasteiger charge is -2.69. The van der Waals surface area contributed by atoms with Gasteiger partial charge in [0.1, 0.15) is 0 Å². The summed E-state index contributed by atoms with van der Waals surface area (Å²) in [6.45, 7) is 26.7. The Balaban J connectivity index is 1.52. The summed E-state index contributed by atoms with van der Waals surface area (Å²) in [7, 11) is 0. The molecule has 0 saturated heterocycles. The van der Waals surface area contributed by atoms with Crippen molar-refractivity contribution in [2.24, 2.45) is 59.2 Å². The molecular formula is C54H60. The van der Waals surface area contributed by atoms with Crippen molar-refractivity contribution in [3.05, 3.63) is 177 Å². The van der Waals surface area contributed by atoms with E-state index in [-0.39, 0.29) is 21.7 Å². The molecule has 276 valence electrons. The third-order valence-corrected chi connectivity index (χ3v) is 18.7. The van der Waals surface area contributed by atoms with E-state index in [1.807, 2.05) is 0 Å². The quantitative estimate of drug-likeness (QED) is 0.198. The average molecular weight is 709 g/mol. The third-order valence-electron chi connectivity index (χ3n) is 18.7. The van der Waals surface area contributed by atoms with Crippen LogP contribution in [0.15, 0.2) is 155 Å². The fraction of sp³-hybridized carbons (Fsp3) is 0.444. The van der Waals surface area contributed by atoms with Crippen LogP contribution < -0.4 is 0 Å². The van der Waals surface area contributed by atoms with Gasteiger partial charge in [-0.15, -0.1) is 0 Å². The van der Waals surface area contributed by atoms with Crippen LogP contribution in [0.2, 0.25) is 0 Å². The van der Waals surface area contributed by atoms with Crippen LogP contribution in [0.5, 0.6) is 0 Å². The molecule has 1 saturated carbocycles. The van der Waals surface area contributed by atoms with Gasteiger partial charge in [-0.25, -0.2) is 0 Å². The molecule has 10 rings (SSSR count). The van der Waals surface area contributed by atoms with E-state index in [1.54, 1.807) is 33.4 Å². The molecule has 0 aliphatic heterocycles. The normalized spacial score (nSPS) is 43.1. The van der Waals surface area contributed by atoms with Crippen molar-refractivity contribution in [1.29, 1.82) is 0 Å². The van der Waals surface area contributed by atoms with Gasteiger partial charge in [-0.1, -0.05) is 196 Å². The zero-order valence-corrected chi connectivity index (χ0v) is 34.3. The smallest absolute Gasteiger partial charge is 0.0271 e. The van der Waals surface area contributed by atoms with Crippen LogP contribution in [0.4, 0.5) is 0 Å². The molecule has 0 radical (unpaired) electrons. The predicted octanol–water partition coefficient (Wildman–Crippen LogP) is 13.1. The summed E-state index contributed by atoms with van der Waals surface area (Å²) in [5.74, 6) is 4.42. The van der Waals surface area contributed by atoms with Crippen LogP contribution in [0.25, 0.3) is 0 Å². The van der Waals surface area contributed by atoms with Gasteiger partial charge in [0.05, 0.1) is 0 Å². The molecule has 0 heteroatoms. The van der Waals surface area contributed by atoms with Crippen LogP contribution in [-0.4, -0.2) is 0 Å². The second-order valence-electron chi connectivity index (χ2n) is 19.2. The van der Waals surface area contributed by atoms with Gasteiger partial charge in [0.2, 0.25) is 0 Å². The maximum Gasteiger partial charge on any atom is 0.0271 e. The number of hydrogen-bond acceptors (Lipinski definition) is 0. The Bertz CT molecular complexity index is 2080. The van der Waals surface area contributed by atoms with Crippen LogP contribution in [0.1, 0.15) is 91.5 Å². The van der Waals surface area contributed by atoms with E-state index in [2.05, 4.69) is 191 Å². The number of allylic oxidation sites excluding steroid dienone is 6. The van der Waals surface area contributed by atoms with E-state index >= 15 is 0 Å². The van der Waals surface area contributed by atoms with Gasteiger partial charge in [0.25, 0.3) is 0 Å². The van der Waals surface area contributed by atoms with E-state index < -0.39 is 0 Å². The van der Waals surface area contributed by atoms with Crippen molar-refractivity contribution in [2.75, 3.05) is 0 Å². The molecule has 6 aliphatic carbocycles. The third kappa shape index (κ3) is 3.44. The van der Waals surface area contributed by atoms with Gasteiger partial charge in [-0.2, -0.15) is 0 Å². The predicted molar refractivity (Wildman–Crippen MR) is 225 cm³/mol. The van der Waals surface area contributed by atoms with Gasteiger partial charge >= 0.3 is 0 Å². The molecule has 0 amide bonds. The fourth-order valence-electron chi connectivity index (χ4n) is 16.1. The molecule has 9 unspecified atom stereocenters. The molecule has 1 fully saturated rings. The maximum atomic E-state index is 2.68. The summed E-state index contributed by atoms with van der Waals surface area (Å²) < 4.78 is 0. The highest BCUT2D eigenvalue weighted by Crippen LogP contribution is 2.82. The minimum Gasteiger partial charge on any atom is -0.0622 e. The first kappa shape index (κ1) is 34.6. The number of hydrogen-bond donors (Lipinski definition) is 0. The molecule has 0 N–H and O–H groups in total. The van der Waals surface area contributed by atoms with Crippen molar-refractivity contribution >= 4 is 0 Å². The molecule has 0 spiro atoms. The second-order valence-corrected chi connectivity index (χ2v) is 19.2. The molecule has 14 atom stereocenters. The first-order valence-corrected chi connectivity index (χ1v) is 21.5. The van der Waals surface area contributed by atoms with Crippen molar-refractivity contribution in [1.82, 2.24) is 0 Å². The monoisotopic (exact) mass is 708 g/mol. The lowest BCUT2D eigenvalue weighted by atomic mass is 9.33. The Kier molecular flexibility index (Phi) is 7.26. The van der Waals surface area contributed by atoms with E-state index in [1.165, 1.54) is 22.3 Å². The minimum atomic E-state index is -0.126. The molecule has 4 aromatic rings. The molecule has 0 aromatic heterocycles. The Morgan fingerprint density at radius 2 is 0.500 bits per heavy atom. The Morgan fingerprint density at radius 1 is 0.278 bits per heavy atom. The zero-order valence-electron chi connectivity index (χ0n) is 34.3. The van der Waals surface area contributed by atoms with E-state index in [0.717, 1.165) is 0 Å². The van der Waals surface area contributed by atoms with Crippen LogP contribution >= 0.6 is 0 Å². The van der Waals surface area contributed by atoms with Crippen molar-refractivity contribution < 1.29 is 0 Å². The summed E-state index contributed by atoms with van der Waals surface area (Å²) in [6.07, 6.45) is 0. The summed E-state index contributed by atoms with van der Waals surface area (Å²) in [5.41, 5.74) is 16.1. The van der Waals surface area contributed by atoms with Gasteiger partial charge in [-0.3, -0.25) is 0 Å². The first-order valence-electron chi connectivity index (χ1n) is 21.5. The number of rotatable bonds is 4. The van der Waals surface area contributed by atoms with Gasteiger partial charge in [-0.05, 0) is 109 Å². The minimum absolute atomic E-state index is 0.109. The van der Waals surface area contributed by atoms with Crippen molar-refractivity contribution in [3.8, 4) is 0 Å². The standard InChI is InChI=1S/C54H60/c1-31-33(3)51(41-23-15-11-16-24-41)35(5)37(7)53(43-27-19-13-20-28-43)39(9)40(10)54(44-29-21-14-22-30-44)38(8)36(6)52(42-25-17-12-18-26-42)34(4)32(2)45(31)46-47(51)49(53)50(54)48(46)52/h11-40H,1-10H3/t31-,32?,33?,34?,35-,36+,37+,38?,39?,40+,51?,52?,53?,54?/m1/s1. The Labute approximate surface area is 325 Å². The van der Waals surface area contributed by atoms with Gasteiger partial charge in [0, 0.05) is 21.7 Å². The summed E-state index contributed by atoms with van der Waals surface area (Å²) >= 11 is 0. The summed E-state index contributed by atoms with van der Waals surface area (Å²) in [6, 6.07) is 47.8. The van der Waals surface area contributed by atoms with Crippen molar-refractivity contribution in [2.45, 2.75) is 90.9 Å². The Hall–Kier alpha value is -3.90. The molecule has 54 heavy (non-hydrogen) atoms. The highest BCUT2D eigenvalue weighted by atomic mass is 14.8. The molecule has 4 aromatic carbocycles. The van der Waals surface area contributed by atoms with Crippen molar-refractivity contribution in [3.63, 3.8) is 0 Å². The summed E-state index contributed by atoms with van der Waals surface area (Å²) in [5, 5.41) is 0. The fourth-order valence-corrected chi connectivity index (χ4v) is 16.1. The van der Waals surface area contributed by atoms with Crippen LogP contribution in [0, 0.1) is 59.2 Å². The molecule has 6 aliphatic rings. The Morgan fingerprint density at radius 3 is 0.741 bits per heavy atom. The van der Waals surface area contributed by atoms with Crippen LogP contribution in [0.3, 0.4) is 0 Å². The zero-order chi connectivity index (χ0) is 37.7. The molecule has 0 nitrogen and oxygen atoms in total. The highest BCUT2D eigenvalue weighted by Gasteiger charge is 2.77.